The van der Waals surface area contributed by atoms with Gasteiger partial charge in [-0.1, -0.05) is 17.7 Å². The molecule has 28 heavy (non-hydrogen) atoms. The third-order valence-electron chi connectivity index (χ3n) is 3.81. The number of benzene rings is 2. The summed E-state index contributed by atoms with van der Waals surface area (Å²) in [6.45, 7) is 0.0587. The highest BCUT2D eigenvalue weighted by Crippen LogP contribution is 2.25. The van der Waals surface area contributed by atoms with Crippen molar-refractivity contribution < 1.29 is 18.7 Å². The molecule has 3 aromatic rings. The molecule has 2 amide bonds. The molecular weight excluding hydrogens is 382 g/mol. The number of ether oxygens (including phenoxy) is 1. The number of anilines is 1. The Kier molecular flexibility index (Phi) is 5.63. The van der Waals surface area contributed by atoms with Gasteiger partial charge in [0.2, 0.25) is 5.91 Å². The zero-order valence-corrected chi connectivity index (χ0v) is 15.2. The van der Waals surface area contributed by atoms with Crippen molar-refractivity contribution >= 4 is 29.1 Å². The Bertz CT molecular complexity index is 1090. The van der Waals surface area contributed by atoms with E-state index in [-0.39, 0.29) is 28.6 Å². The Labute approximate surface area is 165 Å². The zero-order chi connectivity index (χ0) is 20.1. The molecule has 1 aromatic heterocycles. The van der Waals surface area contributed by atoms with Crippen molar-refractivity contribution in [3.63, 3.8) is 0 Å². The summed E-state index contributed by atoms with van der Waals surface area (Å²) in [5.74, 6) is -0.669. The molecule has 3 N–H and O–H groups in total. The second-order valence-electron chi connectivity index (χ2n) is 5.72. The number of rotatable bonds is 6. The van der Waals surface area contributed by atoms with Crippen LogP contribution in [0, 0.1) is 11.3 Å². The van der Waals surface area contributed by atoms with Crippen LogP contribution >= 0.6 is 11.6 Å². The fourth-order valence-corrected chi connectivity index (χ4v) is 2.58. The van der Waals surface area contributed by atoms with Crippen LogP contribution in [0.4, 0.5) is 5.69 Å². The summed E-state index contributed by atoms with van der Waals surface area (Å²) < 4.78 is 10.9. The van der Waals surface area contributed by atoms with E-state index < -0.39 is 11.8 Å². The van der Waals surface area contributed by atoms with Gasteiger partial charge in [-0.05, 0) is 42.5 Å². The van der Waals surface area contributed by atoms with Gasteiger partial charge in [-0.2, -0.15) is 5.26 Å². The van der Waals surface area contributed by atoms with E-state index in [1.54, 1.807) is 30.3 Å². The molecule has 0 bridgehead atoms. The Balaban J connectivity index is 1.74. The molecule has 0 unspecified atom stereocenters. The van der Waals surface area contributed by atoms with Crippen molar-refractivity contribution in [3.8, 4) is 11.8 Å². The van der Waals surface area contributed by atoms with Gasteiger partial charge in [0.15, 0.2) is 5.76 Å². The third-order valence-corrected chi connectivity index (χ3v) is 4.14. The van der Waals surface area contributed by atoms with Crippen LogP contribution in [0.15, 0.2) is 59.2 Å². The van der Waals surface area contributed by atoms with E-state index in [9.17, 15) is 9.59 Å². The van der Waals surface area contributed by atoms with Gasteiger partial charge in [0, 0.05) is 11.1 Å². The van der Waals surface area contributed by atoms with Crippen LogP contribution < -0.4 is 15.8 Å². The normalized spacial score (nSPS) is 10.1. The predicted molar refractivity (Wildman–Crippen MR) is 102 cm³/mol. The van der Waals surface area contributed by atoms with E-state index in [0.717, 1.165) is 0 Å². The Morgan fingerprint density at radius 2 is 2.04 bits per heavy atom. The summed E-state index contributed by atoms with van der Waals surface area (Å²) in [4.78, 5) is 23.9. The SMILES string of the molecule is N#Cc1cccc(OCc2ccoc2C(=O)Nc2cc(C(N)=O)ccc2Cl)c1. The molecule has 0 fully saturated rings. The van der Waals surface area contributed by atoms with Crippen LogP contribution in [0.5, 0.6) is 5.75 Å². The lowest BCUT2D eigenvalue weighted by molar-refractivity contribution is 0.0986. The molecule has 1 heterocycles. The molecule has 140 valence electrons. The number of primary amides is 1. The first-order valence-electron chi connectivity index (χ1n) is 8.08. The van der Waals surface area contributed by atoms with E-state index >= 15 is 0 Å². The minimum absolute atomic E-state index is 0.0389. The van der Waals surface area contributed by atoms with Gasteiger partial charge in [0.1, 0.15) is 12.4 Å². The zero-order valence-electron chi connectivity index (χ0n) is 14.4. The van der Waals surface area contributed by atoms with E-state index in [1.807, 2.05) is 6.07 Å². The highest BCUT2D eigenvalue weighted by Gasteiger charge is 2.18. The van der Waals surface area contributed by atoms with Crippen LogP contribution in [0.2, 0.25) is 5.02 Å². The number of carbonyl (C=O) groups is 2. The van der Waals surface area contributed by atoms with Crippen molar-refractivity contribution in [2.75, 3.05) is 5.32 Å². The number of halogens is 1. The predicted octanol–water partition coefficient (Wildman–Crippen LogP) is 3.73. The lowest BCUT2D eigenvalue weighted by Gasteiger charge is -2.09. The fraction of sp³-hybridized carbons (Fsp3) is 0.0500. The minimum atomic E-state index is -0.640. The fourth-order valence-electron chi connectivity index (χ4n) is 2.42. The topological polar surface area (TPSA) is 118 Å². The molecule has 8 heteroatoms. The van der Waals surface area contributed by atoms with E-state index in [1.165, 1.54) is 24.5 Å². The van der Waals surface area contributed by atoms with E-state index in [2.05, 4.69) is 5.32 Å². The smallest absolute Gasteiger partial charge is 0.291 e. The maximum Gasteiger partial charge on any atom is 0.291 e. The number of furan rings is 1. The van der Waals surface area contributed by atoms with Crippen LogP contribution in [-0.4, -0.2) is 11.8 Å². The molecular formula is C20H14ClN3O4. The van der Waals surface area contributed by atoms with Crippen LogP contribution in [0.3, 0.4) is 0 Å². The highest BCUT2D eigenvalue weighted by molar-refractivity contribution is 6.34. The standard InChI is InChI=1S/C20H14ClN3O4/c21-16-5-4-13(19(23)25)9-17(16)24-20(26)18-14(6-7-27-18)11-28-15-3-1-2-12(8-15)10-22/h1-9H,11H2,(H2,23,25)(H,24,26). The number of nitrogens with two attached hydrogens (primary N) is 1. The van der Waals surface area contributed by atoms with Crippen molar-refractivity contribution in [2.24, 2.45) is 5.73 Å². The minimum Gasteiger partial charge on any atom is -0.489 e. The quantitative estimate of drug-likeness (QED) is 0.659. The second kappa shape index (κ2) is 8.29. The molecule has 0 aliphatic carbocycles. The molecule has 3 rings (SSSR count). The number of hydrogen-bond donors (Lipinski definition) is 2. The molecule has 0 aliphatic rings. The van der Waals surface area contributed by atoms with Crippen LogP contribution in [0.25, 0.3) is 0 Å². The summed E-state index contributed by atoms with van der Waals surface area (Å²) in [5.41, 5.74) is 6.65. The monoisotopic (exact) mass is 395 g/mol. The largest absolute Gasteiger partial charge is 0.489 e. The molecule has 0 radical (unpaired) electrons. The van der Waals surface area contributed by atoms with E-state index in [0.29, 0.717) is 16.9 Å². The van der Waals surface area contributed by atoms with Gasteiger partial charge >= 0.3 is 0 Å². The second-order valence-corrected chi connectivity index (χ2v) is 6.12. The molecule has 2 aromatic carbocycles. The molecule has 0 saturated heterocycles. The molecule has 0 aliphatic heterocycles. The van der Waals surface area contributed by atoms with Crippen LogP contribution in [-0.2, 0) is 6.61 Å². The maximum absolute atomic E-state index is 12.6. The van der Waals surface area contributed by atoms with E-state index in [4.69, 9.17) is 31.8 Å². The van der Waals surface area contributed by atoms with Gasteiger partial charge in [-0.15, -0.1) is 0 Å². The van der Waals surface area contributed by atoms with Gasteiger partial charge < -0.3 is 20.2 Å². The average molecular weight is 396 g/mol. The van der Waals surface area contributed by atoms with Gasteiger partial charge in [0.05, 0.1) is 28.6 Å². The Morgan fingerprint density at radius 3 is 2.79 bits per heavy atom. The van der Waals surface area contributed by atoms with Gasteiger partial charge in [0.25, 0.3) is 5.91 Å². The number of amides is 2. The number of nitriles is 1. The first-order valence-corrected chi connectivity index (χ1v) is 8.46. The molecule has 0 spiro atoms. The molecule has 7 nitrogen and oxygen atoms in total. The van der Waals surface area contributed by atoms with Crippen molar-refractivity contribution in [1.29, 1.82) is 5.26 Å². The number of hydrogen-bond acceptors (Lipinski definition) is 5. The lowest BCUT2D eigenvalue weighted by atomic mass is 10.2. The average Bonchev–Trinajstić information content (AvgIpc) is 3.17. The third kappa shape index (κ3) is 4.31. The van der Waals surface area contributed by atoms with Crippen molar-refractivity contribution in [3.05, 3.63) is 82.3 Å². The summed E-state index contributed by atoms with van der Waals surface area (Å²) in [6.07, 6.45) is 1.36. The molecule has 0 saturated carbocycles. The maximum atomic E-state index is 12.6. The van der Waals surface area contributed by atoms with Crippen molar-refractivity contribution in [1.82, 2.24) is 0 Å². The first-order chi connectivity index (χ1) is 13.5. The Hall–Kier alpha value is -3.76. The highest BCUT2D eigenvalue weighted by atomic mass is 35.5. The van der Waals surface area contributed by atoms with Crippen molar-refractivity contribution in [2.45, 2.75) is 6.61 Å². The molecule has 0 atom stereocenters. The summed E-state index contributed by atoms with van der Waals surface area (Å²) in [6, 6.07) is 14.6. The first kappa shape index (κ1) is 19.0. The lowest BCUT2D eigenvalue weighted by Crippen LogP contribution is -2.16. The summed E-state index contributed by atoms with van der Waals surface area (Å²) in [5, 5.41) is 11.8. The Morgan fingerprint density at radius 1 is 1.21 bits per heavy atom. The number of nitrogens with zero attached hydrogens (tertiary/aromatic N) is 1. The van der Waals surface area contributed by atoms with Gasteiger partial charge in [-0.3, -0.25) is 9.59 Å². The van der Waals surface area contributed by atoms with Crippen LogP contribution in [0.1, 0.15) is 32.0 Å². The number of nitrogens with one attached hydrogen (secondary N) is 1. The summed E-state index contributed by atoms with van der Waals surface area (Å²) >= 11 is 6.07. The summed E-state index contributed by atoms with van der Waals surface area (Å²) in [7, 11) is 0. The number of carbonyl (C=O) groups excluding carboxylic acids is 2. The van der Waals surface area contributed by atoms with Gasteiger partial charge in [-0.25, -0.2) is 0 Å².